The zero-order valence-electron chi connectivity index (χ0n) is 13.4. The van der Waals surface area contributed by atoms with Crippen LogP contribution in [0, 0.1) is 23.7 Å². The smallest absolute Gasteiger partial charge is 0.251 e. The molecule has 1 saturated carbocycles. The quantitative estimate of drug-likeness (QED) is 0.883. The van der Waals surface area contributed by atoms with E-state index in [-0.39, 0.29) is 5.91 Å². The Morgan fingerprint density at radius 2 is 1.80 bits per heavy atom. The van der Waals surface area contributed by atoms with Crippen molar-refractivity contribution in [3.63, 3.8) is 0 Å². The summed E-state index contributed by atoms with van der Waals surface area (Å²) < 4.78 is 0. The molecule has 0 bridgehead atoms. The van der Waals surface area contributed by atoms with Crippen LogP contribution in [-0.4, -0.2) is 19.5 Å². The van der Waals surface area contributed by atoms with Crippen LogP contribution in [0.15, 0.2) is 18.2 Å². The Balaban J connectivity index is 1.98. The van der Waals surface area contributed by atoms with Crippen molar-refractivity contribution < 1.29 is 4.79 Å². The van der Waals surface area contributed by atoms with Gasteiger partial charge in [-0.25, -0.2) is 0 Å². The summed E-state index contributed by atoms with van der Waals surface area (Å²) in [6, 6.07) is 5.76. The molecule has 2 rings (SSSR count). The second-order valence-electron chi connectivity index (χ2n) is 6.99. The SMILES string of the molecule is CNc1ccc(C(=O)NCC2C(C)(C)C2(C)C)cc1C. The lowest BCUT2D eigenvalue weighted by Gasteiger charge is -2.09. The summed E-state index contributed by atoms with van der Waals surface area (Å²) >= 11 is 0. The number of hydrogen-bond donors (Lipinski definition) is 2. The molecule has 0 unspecified atom stereocenters. The Kier molecular flexibility index (Phi) is 3.57. The number of hydrogen-bond acceptors (Lipinski definition) is 2. The molecule has 1 amide bonds. The minimum atomic E-state index is 0.0225. The fraction of sp³-hybridized carbons (Fsp3) is 0.588. The second-order valence-corrected chi connectivity index (χ2v) is 6.99. The molecular formula is C17H26N2O. The summed E-state index contributed by atoms with van der Waals surface area (Å²) in [5.74, 6) is 0.575. The molecule has 3 heteroatoms. The van der Waals surface area contributed by atoms with E-state index < -0.39 is 0 Å². The van der Waals surface area contributed by atoms with Gasteiger partial charge in [0.25, 0.3) is 5.91 Å². The van der Waals surface area contributed by atoms with Crippen molar-refractivity contribution in [1.82, 2.24) is 5.32 Å². The van der Waals surface area contributed by atoms with Crippen LogP contribution >= 0.6 is 0 Å². The maximum absolute atomic E-state index is 12.2. The molecule has 1 aromatic rings. The minimum absolute atomic E-state index is 0.0225. The Hall–Kier alpha value is -1.51. The van der Waals surface area contributed by atoms with Crippen LogP contribution in [0.1, 0.15) is 43.6 Å². The van der Waals surface area contributed by atoms with Crippen molar-refractivity contribution in [3.8, 4) is 0 Å². The molecule has 1 aromatic carbocycles. The van der Waals surface area contributed by atoms with Crippen molar-refractivity contribution in [3.05, 3.63) is 29.3 Å². The van der Waals surface area contributed by atoms with E-state index in [1.807, 2.05) is 32.2 Å². The molecule has 0 radical (unpaired) electrons. The monoisotopic (exact) mass is 274 g/mol. The molecule has 0 saturated heterocycles. The molecule has 0 atom stereocenters. The molecule has 2 N–H and O–H groups in total. The van der Waals surface area contributed by atoms with Gasteiger partial charge in [0.2, 0.25) is 0 Å². The summed E-state index contributed by atoms with van der Waals surface area (Å²) in [7, 11) is 1.89. The number of amides is 1. The average molecular weight is 274 g/mol. The third-order valence-corrected chi connectivity index (χ3v) is 5.54. The maximum atomic E-state index is 12.2. The molecule has 1 fully saturated rings. The second kappa shape index (κ2) is 4.80. The highest BCUT2D eigenvalue weighted by atomic mass is 16.1. The summed E-state index contributed by atoms with van der Waals surface area (Å²) in [6.07, 6.45) is 0. The first-order valence-electron chi connectivity index (χ1n) is 7.28. The Morgan fingerprint density at radius 3 is 2.25 bits per heavy atom. The number of rotatable bonds is 4. The first-order valence-corrected chi connectivity index (χ1v) is 7.28. The van der Waals surface area contributed by atoms with E-state index in [2.05, 4.69) is 38.3 Å². The van der Waals surface area contributed by atoms with E-state index in [1.54, 1.807) is 0 Å². The molecule has 20 heavy (non-hydrogen) atoms. The van der Waals surface area contributed by atoms with E-state index in [0.717, 1.165) is 23.4 Å². The van der Waals surface area contributed by atoms with Gasteiger partial charge in [-0.05, 0) is 47.4 Å². The molecule has 1 aliphatic rings. The third-order valence-electron chi connectivity index (χ3n) is 5.54. The molecule has 3 nitrogen and oxygen atoms in total. The largest absolute Gasteiger partial charge is 0.388 e. The number of aryl methyl sites for hydroxylation is 1. The van der Waals surface area contributed by atoms with Crippen molar-refractivity contribution >= 4 is 11.6 Å². The molecule has 0 spiro atoms. The predicted molar refractivity (Wildman–Crippen MR) is 84.1 cm³/mol. The van der Waals surface area contributed by atoms with E-state index in [9.17, 15) is 4.79 Å². The van der Waals surface area contributed by atoms with Crippen LogP contribution in [0.4, 0.5) is 5.69 Å². The van der Waals surface area contributed by atoms with Crippen LogP contribution < -0.4 is 10.6 Å². The molecule has 0 aliphatic heterocycles. The van der Waals surface area contributed by atoms with Gasteiger partial charge in [-0.15, -0.1) is 0 Å². The molecule has 0 heterocycles. The van der Waals surface area contributed by atoms with Crippen molar-refractivity contribution in [2.75, 3.05) is 18.9 Å². The Bertz CT molecular complexity index is 518. The van der Waals surface area contributed by atoms with Gasteiger partial charge in [-0.3, -0.25) is 4.79 Å². The van der Waals surface area contributed by atoms with E-state index in [4.69, 9.17) is 0 Å². The number of nitrogens with one attached hydrogen (secondary N) is 2. The lowest BCUT2D eigenvalue weighted by atomic mass is 10.0. The van der Waals surface area contributed by atoms with Crippen LogP contribution in [-0.2, 0) is 0 Å². The highest BCUT2D eigenvalue weighted by Crippen LogP contribution is 2.67. The van der Waals surface area contributed by atoms with Crippen LogP contribution in [0.2, 0.25) is 0 Å². The van der Waals surface area contributed by atoms with E-state index >= 15 is 0 Å². The van der Waals surface area contributed by atoms with Crippen molar-refractivity contribution in [2.45, 2.75) is 34.6 Å². The molecule has 1 aliphatic carbocycles. The normalized spacial score (nSPS) is 19.5. The number of benzene rings is 1. The lowest BCUT2D eigenvalue weighted by molar-refractivity contribution is 0.0950. The summed E-state index contributed by atoms with van der Waals surface area (Å²) in [5, 5.41) is 6.19. The summed E-state index contributed by atoms with van der Waals surface area (Å²) in [5.41, 5.74) is 3.51. The first kappa shape index (κ1) is 14.9. The van der Waals surface area contributed by atoms with Crippen molar-refractivity contribution in [1.29, 1.82) is 0 Å². The van der Waals surface area contributed by atoms with Gasteiger partial charge in [-0.2, -0.15) is 0 Å². The first-order chi connectivity index (χ1) is 9.21. The van der Waals surface area contributed by atoms with Gasteiger partial charge in [-0.1, -0.05) is 27.7 Å². The lowest BCUT2D eigenvalue weighted by Crippen LogP contribution is -2.27. The zero-order chi connectivity index (χ0) is 15.1. The topological polar surface area (TPSA) is 41.1 Å². The number of anilines is 1. The van der Waals surface area contributed by atoms with Crippen LogP contribution in [0.3, 0.4) is 0 Å². The minimum Gasteiger partial charge on any atom is -0.388 e. The summed E-state index contributed by atoms with van der Waals surface area (Å²) in [4.78, 5) is 12.2. The van der Waals surface area contributed by atoms with Crippen molar-refractivity contribution in [2.24, 2.45) is 16.7 Å². The predicted octanol–water partition coefficient (Wildman–Crippen LogP) is 3.45. The zero-order valence-corrected chi connectivity index (χ0v) is 13.4. The van der Waals surface area contributed by atoms with Gasteiger partial charge in [0.15, 0.2) is 0 Å². The van der Waals surface area contributed by atoms with Gasteiger partial charge < -0.3 is 10.6 Å². The third kappa shape index (κ3) is 2.30. The van der Waals surface area contributed by atoms with E-state index in [1.165, 1.54) is 0 Å². The van der Waals surface area contributed by atoms with Gasteiger partial charge in [0.1, 0.15) is 0 Å². The van der Waals surface area contributed by atoms with Gasteiger partial charge in [0.05, 0.1) is 0 Å². The summed E-state index contributed by atoms with van der Waals surface area (Å²) in [6.45, 7) is 11.9. The fourth-order valence-electron chi connectivity index (χ4n) is 3.23. The highest BCUT2D eigenvalue weighted by molar-refractivity contribution is 5.94. The van der Waals surface area contributed by atoms with E-state index in [0.29, 0.717) is 16.7 Å². The fourth-order valence-corrected chi connectivity index (χ4v) is 3.23. The Morgan fingerprint density at radius 1 is 1.20 bits per heavy atom. The standard InChI is InChI=1S/C17H26N2O/c1-11-9-12(7-8-13(11)18-6)15(20)19-10-14-16(2,3)17(14,4)5/h7-9,14,18H,10H2,1-6H3,(H,19,20). The maximum Gasteiger partial charge on any atom is 0.251 e. The molecule has 110 valence electrons. The molecular weight excluding hydrogens is 248 g/mol. The van der Waals surface area contributed by atoms with Crippen LogP contribution in [0.5, 0.6) is 0 Å². The van der Waals surface area contributed by atoms with Crippen LogP contribution in [0.25, 0.3) is 0 Å². The number of carbonyl (C=O) groups is 1. The van der Waals surface area contributed by atoms with Gasteiger partial charge >= 0.3 is 0 Å². The van der Waals surface area contributed by atoms with Gasteiger partial charge in [0, 0.05) is 24.8 Å². The highest BCUT2D eigenvalue weighted by Gasteiger charge is 2.64. The Labute approximate surface area is 122 Å². The molecule has 0 aromatic heterocycles. The number of carbonyl (C=O) groups excluding carboxylic acids is 1. The average Bonchev–Trinajstić information content (AvgIpc) is 2.76.